The molecule has 2 N–H and O–H groups in total. The normalized spacial score (nSPS) is 11.5. The minimum atomic E-state index is -0.227. The molecule has 0 radical (unpaired) electrons. The molecule has 0 aliphatic heterocycles. The molecule has 0 spiro atoms. The molecule has 0 aliphatic rings. The Labute approximate surface area is 140 Å². The van der Waals surface area contributed by atoms with E-state index in [-0.39, 0.29) is 5.82 Å². The number of aliphatic imine (C=N–C) groups is 1. The zero-order valence-electron chi connectivity index (χ0n) is 13.2. The molecule has 0 atom stereocenters. The van der Waals surface area contributed by atoms with Gasteiger partial charge in [-0.25, -0.2) is 9.38 Å². The number of thioether (sulfide) groups is 1. The van der Waals surface area contributed by atoms with Crippen molar-refractivity contribution < 1.29 is 8.81 Å². The van der Waals surface area contributed by atoms with Crippen LogP contribution < -0.4 is 10.6 Å². The molecule has 0 amide bonds. The molecule has 4 nitrogen and oxygen atoms in total. The maximum Gasteiger partial charge on any atom is 0.191 e. The molecule has 0 bridgehead atoms. The van der Waals surface area contributed by atoms with Crippen LogP contribution >= 0.6 is 11.8 Å². The summed E-state index contributed by atoms with van der Waals surface area (Å²) in [4.78, 5) is 4.46. The highest BCUT2D eigenvalue weighted by atomic mass is 32.2. The third-order valence-corrected chi connectivity index (χ3v) is 3.82. The fraction of sp³-hybridized carbons (Fsp3) is 0.353. The molecule has 0 aliphatic carbocycles. The lowest BCUT2D eigenvalue weighted by molar-refractivity contribution is 0.507. The molecule has 6 heteroatoms. The first-order valence-corrected chi connectivity index (χ1v) is 8.96. The van der Waals surface area contributed by atoms with E-state index in [1.165, 1.54) is 6.07 Å². The van der Waals surface area contributed by atoms with Crippen LogP contribution in [0.4, 0.5) is 4.39 Å². The van der Waals surface area contributed by atoms with Crippen LogP contribution in [-0.2, 0) is 13.0 Å². The summed E-state index contributed by atoms with van der Waals surface area (Å²) < 4.78 is 19.0. The summed E-state index contributed by atoms with van der Waals surface area (Å²) in [6, 6.07) is 10.5. The highest BCUT2D eigenvalue weighted by Gasteiger charge is 2.03. The van der Waals surface area contributed by atoms with Crippen LogP contribution in [0, 0.1) is 5.82 Å². The maximum atomic E-state index is 13.7. The quantitative estimate of drug-likeness (QED) is 0.442. The van der Waals surface area contributed by atoms with Gasteiger partial charge in [-0.15, -0.1) is 0 Å². The standard InChI is InChI=1S/C17H22FN3OS/c1-23-12-10-20-17(19-9-8-15-6-4-11-22-15)21-13-14-5-2-3-7-16(14)18/h2-7,11H,8-10,12-13H2,1H3,(H2,19,20,21). The van der Waals surface area contributed by atoms with Crippen molar-refractivity contribution in [2.45, 2.75) is 13.0 Å². The minimum absolute atomic E-state index is 0.227. The minimum Gasteiger partial charge on any atom is -0.469 e. The van der Waals surface area contributed by atoms with E-state index in [0.717, 1.165) is 24.5 Å². The summed E-state index contributed by atoms with van der Waals surface area (Å²) in [6.45, 7) is 1.82. The van der Waals surface area contributed by atoms with Gasteiger partial charge >= 0.3 is 0 Å². The highest BCUT2D eigenvalue weighted by molar-refractivity contribution is 7.98. The van der Waals surface area contributed by atoms with Gasteiger partial charge in [0.2, 0.25) is 0 Å². The lowest BCUT2D eigenvalue weighted by atomic mass is 10.2. The van der Waals surface area contributed by atoms with Gasteiger partial charge in [0.05, 0.1) is 12.8 Å². The first-order chi connectivity index (χ1) is 11.3. The highest BCUT2D eigenvalue weighted by Crippen LogP contribution is 2.07. The van der Waals surface area contributed by atoms with Crippen molar-refractivity contribution in [3.8, 4) is 0 Å². The largest absolute Gasteiger partial charge is 0.469 e. The summed E-state index contributed by atoms with van der Waals surface area (Å²) in [6.07, 6.45) is 4.50. The van der Waals surface area contributed by atoms with E-state index in [0.29, 0.717) is 24.6 Å². The van der Waals surface area contributed by atoms with Gasteiger partial charge in [-0.3, -0.25) is 0 Å². The van der Waals surface area contributed by atoms with Gasteiger partial charge in [-0.1, -0.05) is 18.2 Å². The predicted molar refractivity (Wildman–Crippen MR) is 94.3 cm³/mol. The first-order valence-electron chi connectivity index (χ1n) is 7.56. The average Bonchev–Trinajstić information content (AvgIpc) is 3.07. The maximum absolute atomic E-state index is 13.7. The Bertz CT molecular complexity index is 602. The fourth-order valence-corrected chi connectivity index (χ4v) is 2.30. The summed E-state index contributed by atoms with van der Waals surface area (Å²) >= 11 is 1.76. The molecule has 0 saturated carbocycles. The molecule has 0 fully saturated rings. The second-order valence-corrected chi connectivity index (χ2v) is 5.92. The van der Waals surface area contributed by atoms with E-state index in [1.807, 2.05) is 18.2 Å². The molecule has 2 aromatic rings. The molecule has 0 saturated heterocycles. The fourth-order valence-electron chi connectivity index (χ4n) is 2.00. The van der Waals surface area contributed by atoms with Crippen LogP contribution in [0.25, 0.3) is 0 Å². The molecule has 1 heterocycles. The molecule has 0 unspecified atom stereocenters. The molecule has 1 aromatic heterocycles. The Hall–Kier alpha value is -1.95. The van der Waals surface area contributed by atoms with Crippen LogP contribution in [0.5, 0.6) is 0 Å². The molecular weight excluding hydrogens is 313 g/mol. The molecule has 124 valence electrons. The average molecular weight is 335 g/mol. The topological polar surface area (TPSA) is 49.6 Å². The third-order valence-electron chi connectivity index (χ3n) is 3.21. The van der Waals surface area contributed by atoms with Crippen molar-refractivity contribution in [3.05, 3.63) is 59.8 Å². The zero-order chi connectivity index (χ0) is 16.3. The van der Waals surface area contributed by atoms with Gasteiger partial charge in [-0.05, 0) is 24.5 Å². The van der Waals surface area contributed by atoms with Gasteiger partial charge in [0.25, 0.3) is 0 Å². The van der Waals surface area contributed by atoms with Gasteiger partial charge < -0.3 is 15.1 Å². The van der Waals surface area contributed by atoms with Gasteiger partial charge in [0, 0.05) is 30.8 Å². The van der Waals surface area contributed by atoms with Crippen molar-refractivity contribution in [2.75, 3.05) is 25.1 Å². The van der Waals surface area contributed by atoms with Crippen LogP contribution in [-0.4, -0.2) is 31.1 Å². The molecule has 23 heavy (non-hydrogen) atoms. The van der Waals surface area contributed by atoms with E-state index in [4.69, 9.17) is 4.42 Å². The summed E-state index contributed by atoms with van der Waals surface area (Å²) in [5.41, 5.74) is 0.588. The summed E-state index contributed by atoms with van der Waals surface area (Å²) in [7, 11) is 0. The number of hydrogen-bond acceptors (Lipinski definition) is 3. The number of hydrogen-bond donors (Lipinski definition) is 2. The second kappa shape index (κ2) is 9.94. The number of furan rings is 1. The smallest absolute Gasteiger partial charge is 0.191 e. The molecule has 2 rings (SSSR count). The zero-order valence-corrected chi connectivity index (χ0v) is 14.0. The SMILES string of the molecule is CSCCNC(=NCc1ccccc1F)NCCc1ccco1. The number of nitrogens with one attached hydrogen (secondary N) is 2. The molecular formula is C17H22FN3OS. The van der Waals surface area contributed by atoms with Crippen LogP contribution in [0.3, 0.4) is 0 Å². The van der Waals surface area contributed by atoms with Gasteiger partial charge in [-0.2, -0.15) is 11.8 Å². The predicted octanol–water partition coefficient (Wildman–Crippen LogP) is 3.06. The van der Waals surface area contributed by atoms with E-state index < -0.39 is 0 Å². The van der Waals surface area contributed by atoms with Crippen molar-refractivity contribution in [2.24, 2.45) is 4.99 Å². The summed E-state index contributed by atoms with van der Waals surface area (Å²) in [5, 5.41) is 6.51. The summed E-state index contributed by atoms with van der Waals surface area (Å²) in [5.74, 6) is 2.37. The van der Waals surface area contributed by atoms with Crippen LogP contribution in [0.2, 0.25) is 0 Å². The van der Waals surface area contributed by atoms with E-state index in [9.17, 15) is 4.39 Å². The van der Waals surface area contributed by atoms with E-state index in [2.05, 4.69) is 21.9 Å². The number of halogens is 1. The van der Waals surface area contributed by atoms with E-state index in [1.54, 1.807) is 30.2 Å². The lowest BCUT2D eigenvalue weighted by Gasteiger charge is -2.12. The van der Waals surface area contributed by atoms with Crippen molar-refractivity contribution in [3.63, 3.8) is 0 Å². The molecule has 1 aromatic carbocycles. The lowest BCUT2D eigenvalue weighted by Crippen LogP contribution is -2.39. The van der Waals surface area contributed by atoms with Gasteiger partial charge in [0.15, 0.2) is 5.96 Å². The Kier molecular flexibility index (Phi) is 7.52. The Balaban J connectivity index is 1.89. The van der Waals surface area contributed by atoms with Gasteiger partial charge in [0.1, 0.15) is 11.6 Å². The Morgan fingerprint density at radius 1 is 1.17 bits per heavy atom. The van der Waals surface area contributed by atoms with Crippen molar-refractivity contribution >= 4 is 17.7 Å². The number of benzene rings is 1. The van der Waals surface area contributed by atoms with Crippen LogP contribution in [0.1, 0.15) is 11.3 Å². The van der Waals surface area contributed by atoms with Crippen LogP contribution in [0.15, 0.2) is 52.1 Å². The number of guanidine groups is 1. The number of nitrogens with zero attached hydrogens (tertiary/aromatic N) is 1. The van der Waals surface area contributed by atoms with Crippen molar-refractivity contribution in [1.29, 1.82) is 0 Å². The van der Waals surface area contributed by atoms with Crippen molar-refractivity contribution in [1.82, 2.24) is 10.6 Å². The first kappa shape index (κ1) is 17.4. The Morgan fingerprint density at radius 3 is 2.74 bits per heavy atom. The monoisotopic (exact) mass is 335 g/mol. The third kappa shape index (κ3) is 6.36. The Morgan fingerprint density at radius 2 is 2.00 bits per heavy atom. The number of rotatable bonds is 8. The second-order valence-electron chi connectivity index (χ2n) is 4.93. The van der Waals surface area contributed by atoms with E-state index >= 15 is 0 Å².